The van der Waals surface area contributed by atoms with Crippen LogP contribution in [0.15, 0.2) is 58.1 Å². The second-order valence-electron chi connectivity index (χ2n) is 7.44. The number of benzene rings is 2. The first-order valence-electron chi connectivity index (χ1n) is 10.5. The lowest BCUT2D eigenvalue weighted by Gasteiger charge is -2.16. The Hall–Kier alpha value is -2.81. The van der Waals surface area contributed by atoms with Crippen LogP contribution in [0.2, 0.25) is 5.02 Å². The average Bonchev–Trinajstić information content (AvgIpc) is 2.79. The lowest BCUT2D eigenvalue weighted by Crippen LogP contribution is -2.43. The third-order valence-corrected chi connectivity index (χ3v) is 5.02. The molecule has 0 atom stereocenters. The summed E-state index contributed by atoms with van der Waals surface area (Å²) >= 11 is 15.5. The molecule has 34 heavy (non-hydrogen) atoms. The quantitative estimate of drug-likeness (QED) is 0.169. The third-order valence-electron chi connectivity index (χ3n) is 4.77. The Kier molecular flexibility index (Phi) is 11.1. The molecule has 4 N–H and O–H groups in total. The number of rotatable bonds is 9. The molecule has 1 aromatic heterocycles. The summed E-state index contributed by atoms with van der Waals surface area (Å²) in [5.41, 5.74) is 7.11. The number of aromatic nitrogens is 3. The molecule has 3 rings (SSSR count). The van der Waals surface area contributed by atoms with Crippen LogP contribution in [0.4, 0.5) is 5.95 Å². The maximum atomic E-state index is 13.3. The molecule has 11 heteroatoms. The molecule has 0 amide bonds. The molecule has 0 radical (unpaired) electrons. The van der Waals surface area contributed by atoms with Crippen molar-refractivity contribution < 1.29 is 0 Å². The number of anilines is 1. The molecule has 2 aromatic carbocycles. The molecule has 0 aliphatic rings. The summed E-state index contributed by atoms with van der Waals surface area (Å²) in [7, 11) is 0. The van der Waals surface area contributed by atoms with Crippen molar-refractivity contribution in [3.63, 3.8) is 0 Å². The van der Waals surface area contributed by atoms with E-state index in [1.165, 1.54) is 4.57 Å². The number of nitrogens with zero attached hydrogens (tertiary/aromatic N) is 3. The highest BCUT2D eigenvalue weighted by atomic mass is 35.5. The monoisotopic (exact) mass is 524 g/mol. The van der Waals surface area contributed by atoms with Crippen molar-refractivity contribution in [3.05, 3.63) is 91.2 Å². The van der Waals surface area contributed by atoms with Gasteiger partial charge in [-0.2, -0.15) is 4.98 Å². The predicted octanol–water partition coefficient (Wildman–Crippen LogP) is 4.01. The van der Waals surface area contributed by atoms with Crippen LogP contribution in [0.3, 0.4) is 0 Å². The van der Waals surface area contributed by atoms with Gasteiger partial charge in [-0.05, 0) is 36.6 Å². The van der Waals surface area contributed by atoms with Crippen LogP contribution < -0.4 is 22.4 Å². The largest absolute Gasteiger partial charge is 0.388 e. The minimum atomic E-state index is -0.630. The summed E-state index contributed by atoms with van der Waals surface area (Å²) < 4.78 is 2.56. The van der Waals surface area contributed by atoms with Gasteiger partial charge in [-0.1, -0.05) is 53.6 Å². The Morgan fingerprint density at radius 3 is 2.09 bits per heavy atom. The van der Waals surface area contributed by atoms with E-state index in [9.17, 15) is 9.59 Å². The molecule has 0 saturated carbocycles. The van der Waals surface area contributed by atoms with E-state index in [2.05, 4.69) is 10.3 Å². The molecule has 0 saturated heterocycles. The maximum Gasteiger partial charge on any atom is 0.355 e. The van der Waals surface area contributed by atoms with Crippen LogP contribution in [0.5, 0.6) is 0 Å². The number of hydrogen-bond donors (Lipinski definition) is 3. The maximum absolute atomic E-state index is 13.3. The van der Waals surface area contributed by atoms with Crippen LogP contribution >= 0.6 is 34.8 Å². The lowest BCUT2D eigenvalue weighted by atomic mass is 10.1. The van der Waals surface area contributed by atoms with E-state index in [-0.39, 0.29) is 30.2 Å². The van der Waals surface area contributed by atoms with Crippen molar-refractivity contribution >= 4 is 46.6 Å². The fourth-order valence-corrected chi connectivity index (χ4v) is 3.20. The van der Waals surface area contributed by atoms with Gasteiger partial charge in [0.15, 0.2) is 0 Å². The molecule has 0 unspecified atom stereocenters. The molecule has 0 bridgehead atoms. The standard InChI is InChI=1S/C22H25ClN6O2.CH2Cl2/c1-15-4-6-16(7-5-15)13-28-20(26-12-2-3-19(24)25)27-21(30)29(22(28)31)14-17-8-10-18(23)11-9-17;2-1-3/h4-11H,2-3,12-14H2,1H3,(H3,24,25)(H,26,27,30);1H2. The van der Waals surface area contributed by atoms with Gasteiger partial charge in [-0.25, -0.2) is 14.2 Å². The number of nitrogens with two attached hydrogens (primary N) is 1. The highest BCUT2D eigenvalue weighted by Crippen LogP contribution is 2.11. The third kappa shape index (κ3) is 8.52. The van der Waals surface area contributed by atoms with Crippen LogP contribution in [-0.4, -0.2) is 31.8 Å². The van der Waals surface area contributed by atoms with Crippen LogP contribution in [-0.2, 0) is 13.1 Å². The number of alkyl halides is 2. The minimum absolute atomic E-state index is 0.0881. The van der Waals surface area contributed by atoms with Crippen LogP contribution in [0.1, 0.15) is 29.5 Å². The number of aryl methyl sites for hydroxylation is 1. The number of halogens is 3. The first-order valence-corrected chi connectivity index (χ1v) is 11.9. The summed E-state index contributed by atoms with van der Waals surface area (Å²) in [6.45, 7) is 2.79. The molecule has 0 aliphatic heterocycles. The Bertz CT molecular complexity index is 1190. The number of nitrogens with one attached hydrogen (secondary N) is 2. The van der Waals surface area contributed by atoms with Gasteiger partial charge in [0.25, 0.3) is 0 Å². The summed E-state index contributed by atoms with van der Waals surface area (Å²) in [5.74, 6) is 0.289. The zero-order valence-electron chi connectivity index (χ0n) is 18.7. The Morgan fingerprint density at radius 2 is 1.53 bits per heavy atom. The normalized spacial score (nSPS) is 10.4. The average molecular weight is 526 g/mol. The van der Waals surface area contributed by atoms with Gasteiger partial charge >= 0.3 is 11.4 Å². The van der Waals surface area contributed by atoms with Gasteiger partial charge in [0, 0.05) is 18.0 Å². The Labute approximate surface area is 212 Å². The van der Waals surface area contributed by atoms with Gasteiger partial charge in [-0.3, -0.25) is 9.98 Å². The van der Waals surface area contributed by atoms with E-state index in [1.54, 1.807) is 24.3 Å². The smallest absolute Gasteiger partial charge is 0.355 e. The lowest BCUT2D eigenvalue weighted by molar-refractivity contribution is 0.585. The van der Waals surface area contributed by atoms with Gasteiger partial charge in [-0.15, -0.1) is 23.2 Å². The second kappa shape index (κ2) is 13.8. The first-order chi connectivity index (χ1) is 16.2. The summed E-state index contributed by atoms with van der Waals surface area (Å²) in [4.78, 5) is 30.0. The van der Waals surface area contributed by atoms with Gasteiger partial charge in [0.05, 0.1) is 24.3 Å². The minimum Gasteiger partial charge on any atom is -0.388 e. The van der Waals surface area contributed by atoms with Gasteiger partial charge < -0.3 is 11.1 Å². The van der Waals surface area contributed by atoms with E-state index >= 15 is 0 Å². The SMILES string of the molecule is Cc1ccc(Cn2c(NCCCC(=N)N)nc(=O)n(Cc3ccc(Cl)cc3)c2=O)cc1.ClCCl. The number of amidine groups is 1. The molecular weight excluding hydrogens is 499 g/mol. The molecular formula is C23H27Cl3N6O2. The van der Waals surface area contributed by atoms with Crippen molar-refractivity contribution in [1.82, 2.24) is 14.1 Å². The molecule has 182 valence electrons. The summed E-state index contributed by atoms with van der Waals surface area (Å²) in [6, 6.07) is 14.8. The van der Waals surface area contributed by atoms with Crippen molar-refractivity contribution in [3.8, 4) is 0 Å². The highest BCUT2D eigenvalue weighted by Gasteiger charge is 2.14. The molecule has 0 spiro atoms. The molecule has 8 nitrogen and oxygen atoms in total. The van der Waals surface area contributed by atoms with E-state index in [4.69, 9.17) is 45.9 Å². The van der Waals surface area contributed by atoms with E-state index in [1.807, 2.05) is 31.2 Å². The summed E-state index contributed by atoms with van der Waals surface area (Å²) in [6.07, 6.45) is 1.01. The molecule has 0 fully saturated rings. The van der Waals surface area contributed by atoms with Crippen LogP contribution in [0, 0.1) is 12.3 Å². The van der Waals surface area contributed by atoms with Crippen molar-refractivity contribution in [2.75, 3.05) is 17.2 Å². The zero-order valence-corrected chi connectivity index (χ0v) is 21.0. The molecule has 3 aromatic rings. The fraction of sp³-hybridized carbons (Fsp3) is 0.304. The second-order valence-corrected chi connectivity index (χ2v) is 8.69. The topological polar surface area (TPSA) is 119 Å². The Balaban J connectivity index is 0.00000129. The molecule has 0 aliphatic carbocycles. The predicted molar refractivity (Wildman–Crippen MR) is 140 cm³/mol. The van der Waals surface area contributed by atoms with Crippen molar-refractivity contribution in [2.45, 2.75) is 32.9 Å². The Morgan fingerprint density at radius 1 is 1.00 bits per heavy atom. The van der Waals surface area contributed by atoms with Crippen LogP contribution in [0.25, 0.3) is 0 Å². The highest BCUT2D eigenvalue weighted by molar-refractivity contribution is 6.40. The zero-order chi connectivity index (χ0) is 25.1. The fourth-order valence-electron chi connectivity index (χ4n) is 3.07. The van der Waals surface area contributed by atoms with Crippen molar-refractivity contribution in [2.24, 2.45) is 5.73 Å². The first kappa shape index (κ1) is 27.4. The number of hydrogen-bond acceptors (Lipinski definition) is 5. The van der Waals surface area contributed by atoms with E-state index in [0.29, 0.717) is 24.4 Å². The van der Waals surface area contributed by atoms with Crippen molar-refractivity contribution in [1.29, 1.82) is 5.41 Å². The summed E-state index contributed by atoms with van der Waals surface area (Å²) in [5, 5.41) is 11.1. The van der Waals surface area contributed by atoms with Gasteiger partial charge in [0.2, 0.25) is 5.95 Å². The molecule has 1 heterocycles. The van der Waals surface area contributed by atoms with E-state index in [0.717, 1.165) is 21.3 Å². The van der Waals surface area contributed by atoms with E-state index < -0.39 is 11.4 Å². The van der Waals surface area contributed by atoms with Gasteiger partial charge in [0.1, 0.15) is 0 Å².